The van der Waals surface area contributed by atoms with Gasteiger partial charge in [0.15, 0.2) is 0 Å². The number of hydrogen-bond donors (Lipinski definition) is 0. The quantitative estimate of drug-likeness (QED) is 0.601. The maximum Gasteiger partial charge on any atom is 0.271 e. The molecule has 0 aromatic carbocycles. The molecular weight excluding hydrogens is 272 g/mol. The maximum atomic E-state index is 11.8. The Balaban J connectivity index is 0. The van der Waals surface area contributed by atoms with Crippen LogP contribution in [0.25, 0.3) is 5.70 Å². The average Bonchev–Trinajstić information content (AvgIpc) is 2.73. The third kappa shape index (κ3) is 6.11. The van der Waals surface area contributed by atoms with Crippen LogP contribution in [0.2, 0.25) is 0 Å². The highest BCUT2D eigenvalue weighted by Crippen LogP contribution is 2.06. The van der Waals surface area contributed by atoms with Crippen molar-refractivity contribution in [1.82, 2.24) is 9.36 Å². The summed E-state index contributed by atoms with van der Waals surface area (Å²) in [6.45, 7) is 9.80. The Morgan fingerprint density at radius 2 is 1.75 bits per heavy atom. The summed E-state index contributed by atoms with van der Waals surface area (Å²) in [7, 11) is 1.88. The molecule has 114 valence electrons. The highest BCUT2D eigenvalue weighted by atomic mass is 35.5. The van der Waals surface area contributed by atoms with E-state index in [-0.39, 0.29) is 5.56 Å². The average molecular weight is 299 g/mol. The van der Waals surface area contributed by atoms with Crippen molar-refractivity contribution in [2.75, 3.05) is 6.38 Å². The first-order valence-corrected chi connectivity index (χ1v) is 7.47. The van der Waals surface area contributed by atoms with E-state index in [0.29, 0.717) is 0 Å². The fourth-order valence-corrected chi connectivity index (χ4v) is 1.50. The molecule has 0 aliphatic carbocycles. The van der Waals surface area contributed by atoms with Crippen molar-refractivity contribution in [3.05, 3.63) is 52.5 Å². The third-order valence-corrected chi connectivity index (χ3v) is 2.39. The van der Waals surface area contributed by atoms with Gasteiger partial charge in [0, 0.05) is 25.2 Å². The van der Waals surface area contributed by atoms with Crippen LogP contribution in [-0.4, -0.2) is 15.7 Å². The molecule has 0 aliphatic heterocycles. The molecule has 0 amide bonds. The minimum absolute atomic E-state index is 0.00569. The Morgan fingerprint density at radius 1 is 1.20 bits per heavy atom. The van der Waals surface area contributed by atoms with Crippen molar-refractivity contribution in [2.24, 2.45) is 7.05 Å². The van der Waals surface area contributed by atoms with Gasteiger partial charge in [0.1, 0.15) is 0 Å². The standard InChI is InChI=1S/C13H18N2O.C2H6.CH3Cl/c1-5-7-9-12(8-6-2)15-13(16)10-11(3)14(15)4;2*1-2/h5-10H,1-4H3;1-2H3;1H3/b7-5-,8-6-,12-9+;;. The second-order valence-corrected chi connectivity index (χ2v) is 3.58. The zero-order valence-corrected chi connectivity index (χ0v) is 14.4. The molecule has 1 heterocycles. The molecule has 0 fully saturated rings. The highest BCUT2D eigenvalue weighted by molar-refractivity contribution is 6.15. The Labute approximate surface area is 127 Å². The van der Waals surface area contributed by atoms with E-state index in [4.69, 9.17) is 0 Å². The molecule has 4 heteroatoms. The lowest BCUT2D eigenvalue weighted by Crippen LogP contribution is -2.19. The first-order chi connectivity index (χ1) is 9.61. The van der Waals surface area contributed by atoms with Crippen molar-refractivity contribution in [2.45, 2.75) is 34.6 Å². The monoisotopic (exact) mass is 298 g/mol. The lowest BCUT2D eigenvalue weighted by atomic mass is 10.3. The van der Waals surface area contributed by atoms with Gasteiger partial charge in [0.25, 0.3) is 5.56 Å². The van der Waals surface area contributed by atoms with Gasteiger partial charge in [0.2, 0.25) is 0 Å². The van der Waals surface area contributed by atoms with Gasteiger partial charge in [-0.1, -0.05) is 32.1 Å². The van der Waals surface area contributed by atoms with E-state index < -0.39 is 0 Å². The van der Waals surface area contributed by atoms with Crippen LogP contribution in [0.15, 0.2) is 41.2 Å². The van der Waals surface area contributed by atoms with Gasteiger partial charge in [-0.3, -0.25) is 9.48 Å². The SMILES string of the molecule is CC.CCl.C\C=C/C=C(\C=C/C)n1c(=O)cc(C)n1C. The molecule has 1 aromatic heterocycles. The number of aryl methyl sites for hydroxylation is 1. The smallest absolute Gasteiger partial charge is 0.271 e. The predicted molar refractivity (Wildman–Crippen MR) is 91.4 cm³/mol. The van der Waals surface area contributed by atoms with E-state index in [2.05, 4.69) is 11.6 Å². The summed E-state index contributed by atoms with van der Waals surface area (Å²) in [5, 5.41) is 0. The van der Waals surface area contributed by atoms with Gasteiger partial charge >= 0.3 is 0 Å². The van der Waals surface area contributed by atoms with Crippen LogP contribution in [0.5, 0.6) is 0 Å². The molecule has 0 radical (unpaired) electrons. The summed E-state index contributed by atoms with van der Waals surface area (Å²) < 4.78 is 3.49. The molecule has 1 aromatic rings. The fraction of sp³-hybridized carbons (Fsp3) is 0.438. The number of rotatable bonds is 3. The Hall–Kier alpha value is -1.48. The Morgan fingerprint density at radius 3 is 2.10 bits per heavy atom. The first-order valence-electron chi connectivity index (χ1n) is 6.71. The minimum atomic E-state index is -0.00569. The van der Waals surface area contributed by atoms with Crippen LogP contribution >= 0.6 is 11.6 Å². The molecule has 1 rings (SSSR count). The largest absolute Gasteiger partial charge is 0.285 e. The van der Waals surface area contributed by atoms with Gasteiger partial charge in [-0.2, -0.15) is 0 Å². The van der Waals surface area contributed by atoms with E-state index >= 15 is 0 Å². The highest BCUT2D eigenvalue weighted by Gasteiger charge is 2.06. The van der Waals surface area contributed by atoms with Gasteiger partial charge in [-0.25, -0.2) is 4.68 Å². The third-order valence-electron chi connectivity index (χ3n) is 2.39. The fourth-order valence-electron chi connectivity index (χ4n) is 1.50. The molecule has 0 saturated heterocycles. The number of halogens is 1. The van der Waals surface area contributed by atoms with Gasteiger partial charge in [-0.05, 0) is 32.9 Å². The zero-order valence-electron chi connectivity index (χ0n) is 13.6. The molecular formula is C16H27ClN2O. The number of aromatic nitrogens is 2. The van der Waals surface area contributed by atoms with Crippen molar-refractivity contribution in [3.63, 3.8) is 0 Å². The van der Waals surface area contributed by atoms with Gasteiger partial charge in [0.05, 0.1) is 5.70 Å². The molecule has 3 nitrogen and oxygen atoms in total. The van der Waals surface area contributed by atoms with Crippen LogP contribution in [0.3, 0.4) is 0 Å². The topological polar surface area (TPSA) is 26.9 Å². The van der Waals surface area contributed by atoms with E-state index in [9.17, 15) is 4.79 Å². The van der Waals surface area contributed by atoms with E-state index in [1.807, 2.05) is 76.7 Å². The summed E-state index contributed by atoms with van der Waals surface area (Å²) in [6, 6.07) is 1.63. The molecule has 20 heavy (non-hydrogen) atoms. The second kappa shape index (κ2) is 12.5. The van der Waals surface area contributed by atoms with Crippen molar-refractivity contribution < 1.29 is 0 Å². The number of allylic oxidation sites excluding steroid dienone is 6. The first kappa shape index (κ1) is 20.8. The number of alkyl halides is 1. The van der Waals surface area contributed by atoms with Gasteiger partial charge in [-0.15, -0.1) is 11.6 Å². The molecule has 0 N–H and O–H groups in total. The van der Waals surface area contributed by atoms with Crippen molar-refractivity contribution in [1.29, 1.82) is 0 Å². The minimum Gasteiger partial charge on any atom is -0.285 e. The summed E-state index contributed by atoms with van der Waals surface area (Å²) in [4.78, 5) is 11.8. The lowest BCUT2D eigenvalue weighted by molar-refractivity contribution is 0.644. The lowest BCUT2D eigenvalue weighted by Gasteiger charge is -2.08. The number of hydrogen-bond acceptors (Lipinski definition) is 1. The van der Waals surface area contributed by atoms with Crippen molar-refractivity contribution in [3.8, 4) is 0 Å². The van der Waals surface area contributed by atoms with Gasteiger partial charge < -0.3 is 0 Å². The van der Waals surface area contributed by atoms with Crippen LogP contribution in [0.4, 0.5) is 0 Å². The van der Waals surface area contributed by atoms with Crippen LogP contribution in [0.1, 0.15) is 33.4 Å². The molecule has 0 saturated carbocycles. The maximum absolute atomic E-state index is 11.8. The summed E-state index contributed by atoms with van der Waals surface area (Å²) in [5.74, 6) is 0. The molecule has 0 atom stereocenters. The molecule has 0 bridgehead atoms. The Kier molecular flexibility index (Phi) is 13.1. The van der Waals surface area contributed by atoms with E-state index in [0.717, 1.165) is 11.4 Å². The van der Waals surface area contributed by atoms with Crippen LogP contribution < -0.4 is 5.56 Å². The predicted octanol–water partition coefficient (Wildman–Crippen LogP) is 4.37. The molecule has 0 aliphatic rings. The van der Waals surface area contributed by atoms with Crippen LogP contribution in [0, 0.1) is 6.92 Å². The Bertz CT molecular complexity index is 505. The van der Waals surface area contributed by atoms with E-state index in [1.165, 1.54) is 6.38 Å². The summed E-state index contributed by atoms with van der Waals surface area (Å²) >= 11 is 4.64. The summed E-state index contributed by atoms with van der Waals surface area (Å²) in [6.07, 6.45) is 11.1. The molecule has 0 unspecified atom stereocenters. The summed E-state index contributed by atoms with van der Waals surface area (Å²) in [5.41, 5.74) is 1.80. The normalized spacial score (nSPS) is 11.1. The molecule has 0 spiro atoms. The van der Waals surface area contributed by atoms with Crippen LogP contribution in [-0.2, 0) is 7.05 Å². The van der Waals surface area contributed by atoms with E-state index in [1.54, 1.807) is 10.7 Å². The number of nitrogens with zero attached hydrogens (tertiary/aromatic N) is 2. The van der Waals surface area contributed by atoms with Crippen molar-refractivity contribution >= 4 is 17.3 Å². The zero-order chi connectivity index (χ0) is 16.1. The second-order valence-electron chi connectivity index (χ2n) is 3.58.